The van der Waals surface area contributed by atoms with Crippen molar-refractivity contribution >= 4 is 21.8 Å². The maximum absolute atomic E-state index is 12.5. The average molecular weight is 390 g/mol. The summed E-state index contributed by atoms with van der Waals surface area (Å²) in [5.74, 6) is 0.518. The summed E-state index contributed by atoms with van der Waals surface area (Å²) in [6.07, 6.45) is 4.58. The normalized spacial score (nSPS) is 10.4. The summed E-state index contributed by atoms with van der Waals surface area (Å²) in [5.41, 5.74) is 1.64. The summed E-state index contributed by atoms with van der Waals surface area (Å²) < 4.78 is 6.70. The number of benzene rings is 2. The van der Waals surface area contributed by atoms with E-state index in [0.717, 1.165) is 22.9 Å². The maximum Gasteiger partial charge on any atom is 0.255 e. The van der Waals surface area contributed by atoms with E-state index in [9.17, 15) is 4.79 Å². The monoisotopic (exact) mass is 389 g/mol. The third-order valence-corrected chi connectivity index (χ3v) is 4.23. The molecule has 1 N–H and O–H groups in total. The fourth-order valence-electron chi connectivity index (χ4n) is 2.39. The maximum atomic E-state index is 12.5. The Kier molecular flexibility index (Phi) is 7.83. The van der Waals surface area contributed by atoms with E-state index < -0.39 is 0 Å². The van der Waals surface area contributed by atoms with Crippen molar-refractivity contribution in [2.75, 3.05) is 6.61 Å². The number of unbranched alkanes of at least 4 members (excludes halogenated alkanes) is 3. The van der Waals surface area contributed by atoms with Gasteiger partial charge in [0.2, 0.25) is 0 Å². The Morgan fingerprint density at radius 3 is 2.62 bits per heavy atom. The molecule has 2 aromatic rings. The van der Waals surface area contributed by atoms with Crippen LogP contribution in [0.4, 0.5) is 0 Å². The predicted molar refractivity (Wildman–Crippen MR) is 101 cm³/mol. The van der Waals surface area contributed by atoms with Crippen molar-refractivity contribution in [3.63, 3.8) is 0 Å². The second-order valence-electron chi connectivity index (χ2n) is 5.72. The second-order valence-corrected chi connectivity index (χ2v) is 6.63. The van der Waals surface area contributed by atoms with Crippen LogP contribution in [0.15, 0.2) is 53.0 Å². The summed E-state index contributed by atoms with van der Waals surface area (Å²) in [5, 5.41) is 2.95. The van der Waals surface area contributed by atoms with Crippen molar-refractivity contribution in [3.8, 4) is 5.75 Å². The highest BCUT2D eigenvalue weighted by molar-refractivity contribution is 9.10. The quantitative estimate of drug-likeness (QED) is 0.587. The molecule has 2 rings (SSSR count). The Balaban J connectivity index is 1.96. The molecule has 0 aliphatic heterocycles. The summed E-state index contributed by atoms with van der Waals surface area (Å²) in [6, 6.07) is 15.4. The van der Waals surface area contributed by atoms with Gasteiger partial charge in [-0.1, -0.05) is 72.4 Å². The van der Waals surface area contributed by atoms with Gasteiger partial charge in [-0.3, -0.25) is 4.79 Å². The SMILES string of the molecule is CCCCCCOc1ccc(Br)cc1C(=O)NCc1ccccc1. The molecule has 0 radical (unpaired) electrons. The van der Waals surface area contributed by atoms with Gasteiger partial charge >= 0.3 is 0 Å². The fourth-order valence-corrected chi connectivity index (χ4v) is 2.75. The van der Waals surface area contributed by atoms with Crippen LogP contribution in [0.3, 0.4) is 0 Å². The number of carbonyl (C=O) groups excluding carboxylic acids is 1. The summed E-state index contributed by atoms with van der Waals surface area (Å²) in [4.78, 5) is 12.5. The molecule has 128 valence electrons. The number of carbonyl (C=O) groups is 1. The lowest BCUT2D eigenvalue weighted by molar-refractivity contribution is 0.0946. The van der Waals surface area contributed by atoms with E-state index in [0.29, 0.717) is 24.5 Å². The minimum Gasteiger partial charge on any atom is -0.493 e. The molecule has 0 spiro atoms. The average Bonchev–Trinajstić information content (AvgIpc) is 2.61. The largest absolute Gasteiger partial charge is 0.493 e. The van der Waals surface area contributed by atoms with E-state index in [4.69, 9.17) is 4.74 Å². The van der Waals surface area contributed by atoms with Crippen LogP contribution in [0, 0.1) is 0 Å². The molecular weight excluding hydrogens is 366 g/mol. The van der Waals surface area contributed by atoms with E-state index in [-0.39, 0.29) is 5.91 Å². The van der Waals surface area contributed by atoms with E-state index in [1.807, 2.05) is 48.5 Å². The number of hydrogen-bond acceptors (Lipinski definition) is 2. The first kappa shape index (κ1) is 18.5. The molecule has 0 heterocycles. The van der Waals surface area contributed by atoms with Gasteiger partial charge in [-0.2, -0.15) is 0 Å². The van der Waals surface area contributed by atoms with Crippen LogP contribution in [0.5, 0.6) is 5.75 Å². The van der Waals surface area contributed by atoms with Crippen LogP contribution in [-0.4, -0.2) is 12.5 Å². The van der Waals surface area contributed by atoms with Crippen molar-refractivity contribution in [1.29, 1.82) is 0 Å². The van der Waals surface area contributed by atoms with Crippen molar-refractivity contribution < 1.29 is 9.53 Å². The van der Waals surface area contributed by atoms with Crippen LogP contribution in [0.25, 0.3) is 0 Å². The minimum atomic E-state index is -0.122. The molecule has 3 nitrogen and oxygen atoms in total. The highest BCUT2D eigenvalue weighted by Crippen LogP contribution is 2.23. The van der Waals surface area contributed by atoms with Gasteiger partial charge in [0.1, 0.15) is 5.75 Å². The molecular formula is C20H24BrNO2. The smallest absolute Gasteiger partial charge is 0.255 e. The highest BCUT2D eigenvalue weighted by Gasteiger charge is 2.13. The Labute approximate surface area is 152 Å². The van der Waals surface area contributed by atoms with Crippen LogP contribution in [-0.2, 0) is 6.54 Å². The first-order chi connectivity index (χ1) is 11.7. The number of nitrogens with one attached hydrogen (secondary N) is 1. The zero-order valence-corrected chi connectivity index (χ0v) is 15.6. The van der Waals surface area contributed by atoms with E-state index in [1.54, 1.807) is 0 Å². The van der Waals surface area contributed by atoms with Gasteiger partial charge in [-0.05, 0) is 30.2 Å². The molecule has 0 atom stereocenters. The lowest BCUT2D eigenvalue weighted by Gasteiger charge is -2.12. The number of halogens is 1. The lowest BCUT2D eigenvalue weighted by Crippen LogP contribution is -2.23. The highest BCUT2D eigenvalue weighted by atomic mass is 79.9. The molecule has 0 unspecified atom stereocenters. The lowest BCUT2D eigenvalue weighted by atomic mass is 10.1. The molecule has 0 aliphatic rings. The molecule has 4 heteroatoms. The van der Waals surface area contributed by atoms with Crippen LogP contribution < -0.4 is 10.1 Å². The Morgan fingerprint density at radius 1 is 1.08 bits per heavy atom. The summed E-state index contributed by atoms with van der Waals surface area (Å²) in [7, 11) is 0. The number of hydrogen-bond donors (Lipinski definition) is 1. The van der Waals surface area contributed by atoms with E-state index >= 15 is 0 Å². The first-order valence-electron chi connectivity index (χ1n) is 8.45. The summed E-state index contributed by atoms with van der Waals surface area (Å²) >= 11 is 3.43. The second kappa shape index (κ2) is 10.1. The van der Waals surface area contributed by atoms with E-state index in [1.165, 1.54) is 12.8 Å². The van der Waals surface area contributed by atoms with Gasteiger partial charge in [0.15, 0.2) is 0 Å². The Hall–Kier alpha value is -1.81. The summed E-state index contributed by atoms with van der Waals surface area (Å²) in [6.45, 7) is 3.33. The van der Waals surface area contributed by atoms with Crippen LogP contribution >= 0.6 is 15.9 Å². The number of ether oxygens (including phenoxy) is 1. The van der Waals surface area contributed by atoms with Crippen molar-refractivity contribution in [2.45, 2.75) is 39.2 Å². The Bertz CT molecular complexity index is 643. The predicted octanol–water partition coefficient (Wildman–Crippen LogP) is 5.34. The third kappa shape index (κ3) is 6.00. The molecule has 0 saturated carbocycles. The standard InChI is InChI=1S/C20H24BrNO2/c1-2-3-4-8-13-24-19-12-11-17(21)14-18(19)20(23)22-15-16-9-6-5-7-10-16/h5-7,9-12,14H,2-4,8,13,15H2,1H3,(H,22,23). The van der Waals surface area contributed by atoms with Gasteiger partial charge in [-0.15, -0.1) is 0 Å². The van der Waals surface area contributed by atoms with Crippen LogP contribution in [0.1, 0.15) is 48.5 Å². The van der Waals surface area contributed by atoms with Gasteiger partial charge in [-0.25, -0.2) is 0 Å². The Morgan fingerprint density at radius 2 is 1.88 bits per heavy atom. The minimum absolute atomic E-state index is 0.122. The zero-order chi connectivity index (χ0) is 17.2. The van der Waals surface area contributed by atoms with Gasteiger partial charge < -0.3 is 10.1 Å². The van der Waals surface area contributed by atoms with Gasteiger partial charge in [0, 0.05) is 11.0 Å². The van der Waals surface area contributed by atoms with Crippen molar-refractivity contribution in [1.82, 2.24) is 5.32 Å². The molecule has 0 aromatic heterocycles. The molecule has 0 saturated heterocycles. The fraction of sp³-hybridized carbons (Fsp3) is 0.350. The molecule has 0 fully saturated rings. The van der Waals surface area contributed by atoms with E-state index in [2.05, 4.69) is 28.2 Å². The van der Waals surface area contributed by atoms with Crippen molar-refractivity contribution in [3.05, 3.63) is 64.1 Å². The molecule has 24 heavy (non-hydrogen) atoms. The molecule has 1 amide bonds. The van der Waals surface area contributed by atoms with Gasteiger partial charge in [0.05, 0.1) is 12.2 Å². The molecule has 0 bridgehead atoms. The third-order valence-electron chi connectivity index (χ3n) is 3.74. The molecule has 0 aliphatic carbocycles. The van der Waals surface area contributed by atoms with Crippen LogP contribution in [0.2, 0.25) is 0 Å². The molecule has 2 aromatic carbocycles. The number of rotatable bonds is 9. The zero-order valence-electron chi connectivity index (χ0n) is 14.1. The van der Waals surface area contributed by atoms with Gasteiger partial charge in [0.25, 0.3) is 5.91 Å². The topological polar surface area (TPSA) is 38.3 Å². The van der Waals surface area contributed by atoms with Crippen molar-refractivity contribution in [2.24, 2.45) is 0 Å². The first-order valence-corrected chi connectivity index (χ1v) is 9.24. The number of amides is 1.